The number of rotatable bonds is 2. The predicted octanol–water partition coefficient (Wildman–Crippen LogP) is 3.38. The van der Waals surface area contributed by atoms with E-state index in [4.69, 9.17) is 15.2 Å². The Morgan fingerprint density at radius 1 is 1.35 bits per heavy atom. The monoisotopic (exact) mass is 334 g/mol. The lowest BCUT2D eigenvalue weighted by Crippen LogP contribution is -2.24. The number of methoxy groups -OCH3 is 1. The maximum absolute atomic E-state index is 6.24. The van der Waals surface area contributed by atoms with Crippen molar-refractivity contribution in [1.29, 1.82) is 0 Å². The first kappa shape index (κ1) is 13.4. The van der Waals surface area contributed by atoms with E-state index >= 15 is 0 Å². The van der Waals surface area contributed by atoms with Crippen LogP contribution in [0.4, 0.5) is 0 Å². The number of benzene rings is 1. The van der Waals surface area contributed by atoms with E-state index in [1.807, 2.05) is 30.3 Å². The van der Waals surface area contributed by atoms with Crippen LogP contribution in [-0.2, 0) is 0 Å². The molecule has 5 heteroatoms. The van der Waals surface area contributed by atoms with Crippen LogP contribution in [0.2, 0.25) is 0 Å². The predicted molar refractivity (Wildman–Crippen MR) is 79.8 cm³/mol. The van der Waals surface area contributed by atoms with Crippen molar-refractivity contribution < 1.29 is 9.47 Å². The van der Waals surface area contributed by atoms with E-state index in [1.165, 1.54) is 0 Å². The molecule has 1 aromatic carbocycles. The largest absolute Gasteiger partial charge is 0.497 e. The number of nitrogens with two attached hydrogens (primary N) is 1. The van der Waals surface area contributed by atoms with Gasteiger partial charge in [0, 0.05) is 34.8 Å². The molecule has 2 heterocycles. The summed E-state index contributed by atoms with van der Waals surface area (Å²) in [5, 5.41) is 0. The molecule has 0 saturated carbocycles. The zero-order chi connectivity index (χ0) is 14.1. The molecule has 0 radical (unpaired) electrons. The number of nitrogens with zero attached hydrogens (tertiary/aromatic N) is 1. The van der Waals surface area contributed by atoms with Crippen molar-refractivity contribution in [3.63, 3.8) is 0 Å². The summed E-state index contributed by atoms with van der Waals surface area (Å²) in [5.74, 6) is 1.54. The van der Waals surface area contributed by atoms with Gasteiger partial charge in [0.05, 0.1) is 12.8 Å². The molecule has 2 atom stereocenters. The zero-order valence-electron chi connectivity index (χ0n) is 11.0. The van der Waals surface area contributed by atoms with E-state index in [0.29, 0.717) is 6.42 Å². The van der Waals surface area contributed by atoms with Crippen LogP contribution in [0.1, 0.15) is 29.8 Å². The number of hydrogen-bond acceptors (Lipinski definition) is 4. The van der Waals surface area contributed by atoms with E-state index in [9.17, 15) is 0 Å². The fourth-order valence-corrected chi connectivity index (χ4v) is 2.60. The summed E-state index contributed by atoms with van der Waals surface area (Å²) in [7, 11) is 1.64. The van der Waals surface area contributed by atoms with Crippen LogP contribution in [0.3, 0.4) is 0 Å². The Labute approximate surface area is 126 Å². The maximum Gasteiger partial charge on any atom is 0.142 e. The summed E-state index contributed by atoms with van der Waals surface area (Å²) >= 11 is 3.38. The minimum Gasteiger partial charge on any atom is -0.497 e. The third-order valence-electron chi connectivity index (χ3n) is 3.44. The van der Waals surface area contributed by atoms with E-state index < -0.39 is 0 Å². The maximum atomic E-state index is 6.24. The molecule has 0 aliphatic carbocycles. The van der Waals surface area contributed by atoms with E-state index in [2.05, 4.69) is 20.9 Å². The molecule has 2 aromatic rings. The normalized spacial score (nSPS) is 20.9. The number of hydrogen-bond donors (Lipinski definition) is 1. The van der Waals surface area contributed by atoms with Gasteiger partial charge in [0.15, 0.2) is 0 Å². The van der Waals surface area contributed by atoms with Crippen LogP contribution in [0, 0.1) is 0 Å². The first-order chi connectivity index (χ1) is 9.67. The molecule has 2 unspecified atom stereocenters. The Hall–Kier alpha value is -1.59. The van der Waals surface area contributed by atoms with Crippen molar-refractivity contribution in [2.45, 2.75) is 18.6 Å². The summed E-state index contributed by atoms with van der Waals surface area (Å²) < 4.78 is 12.2. The molecule has 0 bridgehead atoms. The second-order valence-corrected chi connectivity index (χ2v) is 5.67. The van der Waals surface area contributed by atoms with Gasteiger partial charge in [-0.25, -0.2) is 0 Å². The second-order valence-electron chi connectivity index (χ2n) is 4.75. The Balaban J connectivity index is 1.92. The average molecular weight is 335 g/mol. The summed E-state index contributed by atoms with van der Waals surface area (Å²) in [4.78, 5) is 4.39. The highest BCUT2D eigenvalue weighted by molar-refractivity contribution is 9.10. The standard InChI is InChI=1S/C15H15BrN2O2/c1-19-10-3-4-11-12(17)7-15(20-14(11)6-10)13-5-2-9(16)8-18-13/h2-6,8,12,15H,7,17H2,1H3. The minimum absolute atomic E-state index is 0.0555. The fraction of sp³-hybridized carbons (Fsp3) is 0.267. The lowest BCUT2D eigenvalue weighted by Gasteiger charge is -2.30. The van der Waals surface area contributed by atoms with E-state index in [1.54, 1.807) is 13.3 Å². The molecule has 1 aliphatic rings. The van der Waals surface area contributed by atoms with Crippen molar-refractivity contribution in [2.75, 3.05) is 7.11 Å². The summed E-state index contributed by atoms with van der Waals surface area (Å²) in [6.45, 7) is 0. The van der Waals surface area contributed by atoms with Gasteiger partial charge >= 0.3 is 0 Å². The van der Waals surface area contributed by atoms with Crippen LogP contribution in [0.15, 0.2) is 41.0 Å². The first-order valence-corrected chi connectivity index (χ1v) is 7.18. The minimum atomic E-state index is -0.127. The zero-order valence-corrected chi connectivity index (χ0v) is 12.6. The van der Waals surface area contributed by atoms with Gasteiger partial charge in [0.1, 0.15) is 17.6 Å². The molecular weight excluding hydrogens is 320 g/mol. The molecule has 0 fully saturated rings. The Kier molecular flexibility index (Phi) is 3.63. The van der Waals surface area contributed by atoms with Gasteiger partial charge < -0.3 is 15.2 Å². The molecule has 3 rings (SSSR count). The van der Waals surface area contributed by atoms with Crippen molar-refractivity contribution in [1.82, 2.24) is 4.98 Å². The highest BCUT2D eigenvalue weighted by atomic mass is 79.9. The van der Waals surface area contributed by atoms with Gasteiger partial charge in [-0.05, 0) is 34.1 Å². The van der Waals surface area contributed by atoms with Crippen LogP contribution in [0.5, 0.6) is 11.5 Å². The summed E-state index contributed by atoms with van der Waals surface area (Å²) in [6.07, 6.45) is 2.36. The Bertz CT molecular complexity index is 616. The molecule has 0 spiro atoms. The van der Waals surface area contributed by atoms with Crippen LogP contribution in [-0.4, -0.2) is 12.1 Å². The SMILES string of the molecule is COc1ccc2c(c1)OC(c1ccc(Br)cn1)CC2N. The number of fused-ring (bicyclic) bond motifs is 1. The van der Waals surface area contributed by atoms with Gasteiger partial charge in [0.25, 0.3) is 0 Å². The molecular formula is C15H15BrN2O2. The molecule has 2 N–H and O–H groups in total. The molecule has 4 nitrogen and oxygen atoms in total. The smallest absolute Gasteiger partial charge is 0.142 e. The second kappa shape index (κ2) is 5.42. The van der Waals surface area contributed by atoms with Gasteiger partial charge in [-0.3, -0.25) is 4.98 Å². The molecule has 104 valence electrons. The molecule has 20 heavy (non-hydrogen) atoms. The first-order valence-electron chi connectivity index (χ1n) is 6.39. The quantitative estimate of drug-likeness (QED) is 0.914. The van der Waals surface area contributed by atoms with Crippen LogP contribution in [0.25, 0.3) is 0 Å². The lowest BCUT2D eigenvalue weighted by atomic mass is 9.95. The van der Waals surface area contributed by atoms with Gasteiger partial charge in [-0.15, -0.1) is 0 Å². The van der Waals surface area contributed by atoms with Crippen molar-refractivity contribution >= 4 is 15.9 Å². The summed E-state index contributed by atoms with van der Waals surface area (Å²) in [6, 6.07) is 9.59. The third-order valence-corrected chi connectivity index (χ3v) is 3.91. The van der Waals surface area contributed by atoms with E-state index in [0.717, 1.165) is 27.2 Å². The van der Waals surface area contributed by atoms with Crippen LogP contribution >= 0.6 is 15.9 Å². The van der Waals surface area contributed by atoms with Crippen molar-refractivity contribution in [2.24, 2.45) is 5.73 Å². The van der Waals surface area contributed by atoms with Gasteiger partial charge in [0.2, 0.25) is 0 Å². The molecule has 0 amide bonds. The molecule has 1 aromatic heterocycles. The summed E-state index contributed by atoms with van der Waals surface area (Å²) in [5.41, 5.74) is 8.14. The number of halogens is 1. The van der Waals surface area contributed by atoms with Crippen molar-refractivity contribution in [3.05, 3.63) is 52.3 Å². The molecule has 1 aliphatic heterocycles. The van der Waals surface area contributed by atoms with Crippen molar-refractivity contribution in [3.8, 4) is 11.5 Å². The number of ether oxygens (including phenoxy) is 2. The molecule has 0 saturated heterocycles. The average Bonchev–Trinajstić information content (AvgIpc) is 2.47. The van der Waals surface area contributed by atoms with Crippen LogP contribution < -0.4 is 15.2 Å². The number of pyridine rings is 1. The Morgan fingerprint density at radius 3 is 2.90 bits per heavy atom. The highest BCUT2D eigenvalue weighted by Crippen LogP contribution is 2.40. The Morgan fingerprint density at radius 2 is 2.20 bits per heavy atom. The van der Waals surface area contributed by atoms with E-state index in [-0.39, 0.29) is 12.1 Å². The van der Waals surface area contributed by atoms with Gasteiger partial charge in [-0.2, -0.15) is 0 Å². The lowest BCUT2D eigenvalue weighted by molar-refractivity contribution is 0.156. The fourth-order valence-electron chi connectivity index (χ4n) is 2.37. The number of aromatic nitrogens is 1. The van der Waals surface area contributed by atoms with Gasteiger partial charge in [-0.1, -0.05) is 6.07 Å². The third kappa shape index (κ3) is 2.51. The highest BCUT2D eigenvalue weighted by Gasteiger charge is 2.28. The topological polar surface area (TPSA) is 57.4 Å².